The van der Waals surface area contributed by atoms with Crippen molar-refractivity contribution in [2.75, 3.05) is 6.54 Å². The Balaban J connectivity index is 1.60. The molecular weight excluding hydrogens is 329 g/mol. The Hall–Kier alpha value is -1.34. The highest BCUT2D eigenvalue weighted by molar-refractivity contribution is 6.35. The Morgan fingerprint density at radius 2 is 2.18 bits per heavy atom. The smallest absolute Gasteiger partial charge is 0.255 e. The van der Waals surface area contributed by atoms with Crippen molar-refractivity contribution in [1.29, 1.82) is 0 Å². The first kappa shape index (κ1) is 15.6. The van der Waals surface area contributed by atoms with Crippen LogP contribution in [0.25, 0.3) is 0 Å². The standard InChI is InChI=1S/C14H15Cl2N3O3/c15-8-1-3-11(10(16)5-8)20-7-13-18-14(22-19-13)12-4-2-9(6-17)21-12/h1,3,5,9,12H,2,4,6-7,17H2/t9-,12-/m0/s1. The van der Waals surface area contributed by atoms with Crippen LogP contribution in [-0.4, -0.2) is 22.8 Å². The van der Waals surface area contributed by atoms with Crippen LogP contribution in [0.15, 0.2) is 22.7 Å². The number of benzene rings is 1. The summed E-state index contributed by atoms with van der Waals surface area (Å²) >= 11 is 11.9. The van der Waals surface area contributed by atoms with Crippen LogP contribution >= 0.6 is 23.2 Å². The summed E-state index contributed by atoms with van der Waals surface area (Å²) in [5.41, 5.74) is 5.58. The maximum absolute atomic E-state index is 6.03. The van der Waals surface area contributed by atoms with E-state index in [0.29, 0.717) is 34.1 Å². The van der Waals surface area contributed by atoms with Crippen LogP contribution in [0.2, 0.25) is 10.0 Å². The molecular formula is C14H15Cl2N3O3. The number of ether oxygens (including phenoxy) is 2. The maximum atomic E-state index is 6.03. The van der Waals surface area contributed by atoms with Gasteiger partial charge in [-0.3, -0.25) is 0 Å². The monoisotopic (exact) mass is 343 g/mol. The zero-order valence-corrected chi connectivity index (χ0v) is 13.2. The average molecular weight is 344 g/mol. The molecule has 0 unspecified atom stereocenters. The van der Waals surface area contributed by atoms with Crippen LogP contribution in [0.5, 0.6) is 5.75 Å². The Kier molecular flexibility index (Phi) is 4.83. The van der Waals surface area contributed by atoms with Crippen molar-refractivity contribution >= 4 is 23.2 Å². The topological polar surface area (TPSA) is 83.4 Å². The molecule has 0 aliphatic carbocycles. The molecule has 6 nitrogen and oxygen atoms in total. The van der Waals surface area contributed by atoms with Crippen molar-refractivity contribution in [1.82, 2.24) is 10.1 Å². The third-order valence-corrected chi connectivity index (χ3v) is 3.91. The largest absolute Gasteiger partial charge is 0.484 e. The van der Waals surface area contributed by atoms with Gasteiger partial charge in [0.05, 0.1) is 11.1 Å². The first-order valence-electron chi connectivity index (χ1n) is 6.91. The summed E-state index contributed by atoms with van der Waals surface area (Å²) < 4.78 is 16.5. The van der Waals surface area contributed by atoms with Crippen LogP contribution in [0, 0.1) is 0 Å². The molecule has 1 aliphatic rings. The van der Waals surface area contributed by atoms with Crippen molar-refractivity contribution in [3.63, 3.8) is 0 Å². The van der Waals surface area contributed by atoms with Gasteiger partial charge in [-0.25, -0.2) is 0 Å². The number of nitrogens with zero attached hydrogens (tertiary/aromatic N) is 2. The van der Waals surface area contributed by atoms with Gasteiger partial charge in [0, 0.05) is 11.6 Å². The van der Waals surface area contributed by atoms with Gasteiger partial charge in [0.1, 0.15) is 11.9 Å². The first-order chi connectivity index (χ1) is 10.7. The van der Waals surface area contributed by atoms with Gasteiger partial charge in [-0.2, -0.15) is 4.98 Å². The van der Waals surface area contributed by atoms with Gasteiger partial charge in [-0.1, -0.05) is 28.4 Å². The summed E-state index contributed by atoms with van der Waals surface area (Å²) in [5, 5.41) is 4.86. The molecule has 0 radical (unpaired) electrons. The number of hydrogen-bond acceptors (Lipinski definition) is 6. The van der Waals surface area contributed by atoms with Gasteiger partial charge in [0.25, 0.3) is 5.89 Å². The third-order valence-electron chi connectivity index (χ3n) is 3.38. The summed E-state index contributed by atoms with van der Waals surface area (Å²) in [7, 11) is 0. The highest BCUT2D eigenvalue weighted by Crippen LogP contribution is 2.31. The molecule has 0 saturated carbocycles. The van der Waals surface area contributed by atoms with Gasteiger partial charge in [-0.15, -0.1) is 0 Å². The molecule has 22 heavy (non-hydrogen) atoms. The highest BCUT2D eigenvalue weighted by atomic mass is 35.5. The lowest BCUT2D eigenvalue weighted by Crippen LogP contribution is -2.18. The summed E-state index contributed by atoms with van der Waals surface area (Å²) in [6.07, 6.45) is 1.60. The van der Waals surface area contributed by atoms with E-state index < -0.39 is 0 Å². The lowest BCUT2D eigenvalue weighted by molar-refractivity contribution is 0.0307. The van der Waals surface area contributed by atoms with Gasteiger partial charge in [0.2, 0.25) is 5.82 Å². The number of aromatic nitrogens is 2. The van der Waals surface area contributed by atoms with Crippen molar-refractivity contribution in [3.8, 4) is 5.75 Å². The SMILES string of the molecule is NC[C@@H]1CC[C@@H](c2nc(COc3ccc(Cl)cc3Cl)no2)O1. The summed E-state index contributed by atoms with van der Waals surface area (Å²) in [6.45, 7) is 0.646. The van der Waals surface area contributed by atoms with E-state index in [9.17, 15) is 0 Å². The molecule has 2 heterocycles. The summed E-state index contributed by atoms with van der Waals surface area (Å²) in [6, 6.07) is 5.00. The minimum atomic E-state index is -0.186. The molecule has 1 saturated heterocycles. The van der Waals surface area contributed by atoms with E-state index in [-0.39, 0.29) is 18.8 Å². The molecule has 1 aromatic heterocycles. The molecule has 1 aliphatic heterocycles. The fourth-order valence-corrected chi connectivity index (χ4v) is 2.72. The number of nitrogens with two attached hydrogens (primary N) is 1. The molecule has 1 aromatic carbocycles. The van der Waals surface area contributed by atoms with E-state index in [4.69, 9.17) is 42.9 Å². The second kappa shape index (κ2) is 6.83. The number of hydrogen-bond donors (Lipinski definition) is 1. The Morgan fingerprint density at radius 1 is 1.32 bits per heavy atom. The maximum Gasteiger partial charge on any atom is 0.255 e. The molecule has 1 fully saturated rings. The normalized spacial score (nSPS) is 21.2. The van der Waals surface area contributed by atoms with E-state index in [2.05, 4.69) is 10.1 Å². The Labute approximate surface area is 137 Å². The van der Waals surface area contributed by atoms with Crippen LogP contribution < -0.4 is 10.5 Å². The molecule has 118 valence electrons. The quantitative estimate of drug-likeness (QED) is 0.897. The fraction of sp³-hybridized carbons (Fsp3) is 0.429. The Morgan fingerprint density at radius 3 is 2.91 bits per heavy atom. The van der Waals surface area contributed by atoms with E-state index in [0.717, 1.165) is 12.8 Å². The van der Waals surface area contributed by atoms with Crippen LogP contribution in [0.1, 0.15) is 30.7 Å². The number of rotatable bonds is 5. The molecule has 0 spiro atoms. The highest BCUT2D eigenvalue weighted by Gasteiger charge is 2.29. The summed E-state index contributed by atoms with van der Waals surface area (Å²) in [4.78, 5) is 4.29. The van der Waals surface area contributed by atoms with Gasteiger partial charge < -0.3 is 19.7 Å². The molecule has 2 N–H and O–H groups in total. The second-order valence-electron chi connectivity index (χ2n) is 4.97. The van der Waals surface area contributed by atoms with Gasteiger partial charge >= 0.3 is 0 Å². The third kappa shape index (κ3) is 3.52. The van der Waals surface area contributed by atoms with E-state index in [1.165, 1.54) is 0 Å². The molecule has 0 amide bonds. The molecule has 3 rings (SSSR count). The van der Waals surface area contributed by atoms with Crippen LogP contribution in [-0.2, 0) is 11.3 Å². The lowest BCUT2D eigenvalue weighted by atomic mass is 10.2. The van der Waals surface area contributed by atoms with Crippen molar-refractivity contribution in [3.05, 3.63) is 40.0 Å². The van der Waals surface area contributed by atoms with E-state index in [1.54, 1.807) is 18.2 Å². The molecule has 2 atom stereocenters. The summed E-state index contributed by atoms with van der Waals surface area (Å²) in [5.74, 6) is 1.40. The van der Waals surface area contributed by atoms with Crippen LogP contribution in [0.4, 0.5) is 0 Å². The molecule has 2 aromatic rings. The van der Waals surface area contributed by atoms with Crippen molar-refractivity contribution in [2.45, 2.75) is 31.7 Å². The second-order valence-corrected chi connectivity index (χ2v) is 5.82. The molecule has 8 heteroatoms. The van der Waals surface area contributed by atoms with Crippen molar-refractivity contribution in [2.24, 2.45) is 5.73 Å². The molecule has 0 bridgehead atoms. The zero-order valence-electron chi connectivity index (χ0n) is 11.7. The van der Waals surface area contributed by atoms with Gasteiger partial charge in [-0.05, 0) is 31.0 Å². The lowest BCUT2D eigenvalue weighted by Gasteiger charge is -2.07. The van der Waals surface area contributed by atoms with E-state index in [1.807, 2.05) is 0 Å². The average Bonchev–Trinajstić information content (AvgIpc) is 3.15. The Bertz CT molecular complexity index is 650. The van der Waals surface area contributed by atoms with E-state index >= 15 is 0 Å². The van der Waals surface area contributed by atoms with Crippen molar-refractivity contribution < 1.29 is 14.0 Å². The minimum absolute atomic E-state index is 0.0597. The first-order valence-corrected chi connectivity index (χ1v) is 7.67. The predicted octanol–water partition coefficient (Wildman–Crippen LogP) is 3.13. The van der Waals surface area contributed by atoms with Gasteiger partial charge in [0.15, 0.2) is 6.61 Å². The van der Waals surface area contributed by atoms with Crippen LogP contribution in [0.3, 0.4) is 0 Å². The fourth-order valence-electron chi connectivity index (χ4n) is 2.25. The minimum Gasteiger partial charge on any atom is -0.484 e. The number of halogens is 2. The predicted molar refractivity (Wildman–Crippen MR) is 81.0 cm³/mol. The zero-order chi connectivity index (χ0) is 15.5.